The van der Waals surface area contributed by atoms with Crippen LogP contribution in [0.15, 0.2) is 30.3 Å². The molecule has 1 radical (unpaired) electrons. The maximum Gasteiger partial charge on any atom is 0.151 e. The van der Waals surface area contributed by atoms with Gasteiger partial charge in [0.2, 0.25) is 0 Å². The Hall–Kier alpha value is -1.75. The van der Waals surface area contributed by atoms with Crippen LogP contribution >= 0.6 is 0 Å². The number of rotatable bonds is 7. The first-order valence-corrected chi connectivity index (χ1v) is 6.27. The van der Waals surface area contributed by atoms with Crippen molar-refractivity contribution in [3.05, 3.63) is 41.7 Å². The zero-order chi connectivity index (χ0) is 12.6. The van der Waals surface area contributed by atoms with Gasteiger partial charge in [-0.2, -0.15) is 0 Å². The number of unbranched alkanes of at least 4 members (excludes halogenated alkanes) is 2. The van der Waals surface area contributed by atoms with E-state index in [9.17, 15) is 5.11 Å². The number of aromatic nitrogens is 4. The number of benzene rings is 1. The molecule has 2 aromatic rings. The zero-order valence-electron chi connectivity index (χ0n) is 10.3. The van der Waals surface area contributed by atoms with Crippen molar-refractivity contribution in [3.63, 3.8) is 0 Å². The minimum atomic E-state index is 0.00888. The molecular weight excluding hydrogens is 228 g/mol. The molecule has 0 saturated carbocycles. The highest BCUT2D eigenvalue weighted by Crippen LogP contribution is 2.06. The van der Waals surface area contributed by atoms with E-state index in [-0.39, 0.29) is 6.61 Å². The van der Waals surface area contributed by atoms with E-state index in [1.165, 1.54) is 5.56 Å². The molecule has 5 heteroatoms. The van der Waals surface area contributed by atoms with E-state index >= 15 is 0 Å². The number of tetrazole rings is 1. The van der Waals surface area contributed by atoms with Crippen LogP contribution < -0.4 is 0 Å². The molecule has 5 nitrogen and oxygen atoms in total. The molecule has 0 bridgehead atoms. The van der Waals surface area contributed by atoms with Gasteiger partial charge in [-0.3, -0.25) is 0 Å². The normalized spacial score (nSPS) is 10.7. The van der Waals surface area contributed by atoms with Crippen LogP contribution in [-0.2, 0) is 18.1 Å². The van der Waals surface area contributed by atoms with Crippen molar-refractivity contribution >= 4 is 0 Å². The summed E-state index contributed by atoms with van der Waals surface area (Å²) in [6.07, 6.45) is 3.49. The van der Waals surface area contributed by atoms with Gasteiger partial charge < -0.3 is 0 Å². The molecule has 2 rings (SSSR count). The summed E-state index contributed by atoms with van der Waals surface area (Å²) >= 11 is 0. The lowest BCUT2D eigenvalue weighted by atomic mass is 10.2. The minimum absolute atomic E-state index is 0.00888. The summed E-state index contributed by atoms with van der Waals surface area (Å²) in [7, 11) is 0. The van der Waals surface area contributed by atoms with Crippen molar-refractivity contribution in [2.24, 2.45) is 0 Å². The summed E-state index contributed by atoms with van der Waals surface area (Å²) in [4.78, 5) is 0. The van der Waals surface area contributed by atoms with Gasteiger partial charge in [-0.1, -0.05) is 36.8 Å². The molecule has 0 amide bonds. The molecule has 18 heavy (non-hydrogen) atoms. The van der Waals surface area contributed by atoms with Crippen molar-refractivity contribution in [3.8, 4) is 0 Å². The molecular formula is C13H17N4O. The van der Waals surface area contributed by atoms with Crippen LogP contribution in [0, 0.1) is 0 Å². The van der Waals surface area contributed by atoms with Gasteiger partial charge in [-0.25, -0.2) is 9.79 Å². The molecule has 1 aromatic heterocycles. The Kier molecular flexibility index (Phi) is 4.84. The molecule has 0 unspecified atom stereocenters. The van der Waals surface area contributed by atoms with Crippen LogP contribution in [0.3, 0.4) is 0 Å². The fourth-order valence-electron chi connectivity index (χ4n) is 1.84. The Bertz CT molecular complexity index is 455. The standard InChI is InChI=1S/C13H17N4O/c18-10-6-2-5-9-13-14-15-16-17(13)11-12-7-3-1-4-8-12/h1,3-4,7-8H,2,5-6,9-11H2. The van der Waals surface area contributed by atoms with Gasteiger partial charge in [0.05, 0.1) is 13.2 Å². The van der Waals surface area contributed by atoms with Crippen molar-refractivity contribution in [1.82, 2.24) is 20.2 Å². The Morgan fingerprint density at radius 1 is 1.06 bits per heavy atom. The van der Waals surface area contributed by atoms with Gasteiger partial charge in [0.1, 0.15) is 0 Å². The summed E-state index contributed by atoms with van der Waals surface area (Å²) in [5, 5.41) is 22.1. The van der Waals surface area contributed by atoms with Gasteiger partial charge in [-0.15, -0.1) is 5.10 Å². The lowest BCUT2D eigenvalue weighted by molar-refractivity contribution is 0.186. The third-order valence-corrected chi connectivity index (χ3v) is 2.83. The van der Waals surface area contributed by atoms with Gasteiger partial charge in [-0.05, 0) is 28.8 Å². The third-order valence-electron chi connectivity index (χ3n) is 2.83. The smallest absolute Gasteiger partial charge is 0.151 e. The van der Waals surface area contributed by atoms with Gasteiger partial charge in [0, 0.05) is 6.42 Å². The molecule has 0 N–H and O–H groups in total. The number of hydrogen-bond acceptors (Lipinski definition) is 3. The van der Waals surface area contributed by atoms with Crippen LogP contribution in [0.1, 0.15) is 30.7 Å². The summed E-state index contributed by atoms with van der Waals surface area (Å²) in [5.74, 6) is 0.893. The molecule has 0 spiro atoms. The third kappa shape index (κ3) is 3.63. The van der Waals surface area contributed by atoms with Crippen molar-refractivity contribution < 1.29 is 5.11 Å². The van der Waals surface area contributed by atoms with Gasteiger partial charge >= 0.3 is 0 Å². The average molecular weight is 245 g/mol. The molecule has 0 fully saturated rings. The monoisotopic (exact) mass is 245 g/mol. The second-order valence-electron chi connectivity index (χ2n) is 4.25. The SMILES string of the molecule is [O]CCCCCc1nnnn1Cc1ccccc1. The molecule has 0 saturated heterocycles. The zero-order valence-corrected chi connectivity index (χ0v) is 10.3. The van der Waals surface area contributed by atoms with Crippen LogP contribution in [0.25, 0.3) is 0 Å². The van der Waals surface area contributed by atoms with Crippen molar-refractivity contribution in [1.29, 1.82) is 0 Å². The maximum atomic E-state index is 10.4. The van der Waals surface area contributed by atoms with Gasteiger partial charge in [0.25, 0.3) is 0 Å². The predicted octanol–water partition coefficient (Wildman–Crippen LogP) is 1.86. The average Bonchev–Trinajstić information content (AvgIpc) is 2.83. The molecule has 1 heterocycles. The van der Waals surface area contributed by atoms with Gasteiger partial charge in [0.15, 0.2) is 5.82 Å². The quantitative estimate of drug-likeness (QED) is 0.699. The minimum Gasteiger partial charge on any atom is -0.237 e. The van der Waals surface area contributed by atoms with Crippen LogP contribution in [0.4, 0.5) is 0 Å². The summed E-state index contributed by atoms with van der Waals surface area (Å²) < 4.78 is 1.83. The molecule has 0 aliphatic rings. The molecule has 0 aliphatic carbocycles. The first kappa shape index (κ1) is 12.7. The maximum absolute atomic E-state index is 10.4. The Morgan fingerprint density at radius 2 is 1.89 bits per heavy atom. The van der Waals surface area contributed by atoms with Crippen LogP contribution in [0.2, 0.25) is 0 Å². The van der Waals surface area contributed by atoms with E-state index in [2.05, 4.69) is 27.7 Å². The first-order valence-electron chi connectivity index (χ1n) is 6.27. The number of nitrogens with zero attached hydrogens (tertiary/aromatic N) is 4. The van der Waals surface area contributed by atoms with Crippen molar-refractivity contribution in [2.75, 3.05) is 6.61 Å². The number of aryl methyl sites for hydroxylation is 1. The van der Waals surface area contributed by atoms with E-state index in [0.29, 0.717) is 6.54 Å². The highest BCUT2D eigenvalue weighted by Gasteiger charge is 2.06. The fourth-order valence-corrected chi connectivity index (χ4v) is 1.84. The predicted molar refractivity (Wildman–Crippen MR) is 66.5 cm³/mol. The Balaban J connectivity index is 1.91. The lowest BCUT2D eigenvalue weighted by Crippen LogP contribution is -2.07. The highest BCUT2D eigenvalue weighted by atomic mass is 16.2. The number of hydrogen-bond donors (Lipinski definition) is 0. The van der Waals surface area contributed by atoms with Crippen LogP contribution in [0.5, 0.6) is 0 Å². The van der Waals surface area contributed by atoms with E-state index in [1.807, 2.05) is 22.9 Å². The second kappa shape index (κ2) is 6.86. The Labute approximate surface area is 106 Å². The fraction of sp³-hybridized carbons (Fsp3) is 0.462. The lowest BCUT2D eigenvalue weighted by Gasteiger charge is -2.04. The molecule has 1 aromatic carbocycles. The van der Waals surface area contributed by atoms with E-state index in [1.54, 1.807) is 0 Å². The molecule has 0 aliphatic heterocycles. The topological polar surface area (TPSA) is 63.5 Å². The molecule has 0 atom stereocenters. The van der Waals surface area contributed by atoms with E-state index < -0.39 is 0 Å². The molecule has 95 valence electrons. The van der Waals surface area contributed by atoms with E-state index in [0.717, 1.165) is 31.5 Å². The highest BCUT2D eigenvalue weighted by molar-refractivity contribution is 5.14. The first-order chi connectivity index (χ1) is 8.90. The largest absolute Gasteiger partial charge is 0.237 e. The Morgan fingerprint density at radius 3 is 2.67 bits per heavy atom. The van der Waals surface area contributed by atoms with Crippen LogP contribution in [-0.4, -0.2) is 26.8 Å². The second-order valence-corrected chi connectivity index (χ2v) is 4.25. The summed E-state index contributed by atoms with van der Waals surface area (Å²) in [5.41, 5.74) is 1.19. The summed E-state index contributed by atoms with van der Waals surface area (Å²) in [6.45, 7) is 0.708. The van der Waals surface area contributed by atoms with E-state index in [4.69, 9.17) is 0 Å². The summed E-state index contributed by atoms with van der Waals surface area (Å²) in [6, 6.07) is 10.1. The van der Waals surface area contributed by atoms with Crippen molar-refractivity contribution in [2.45, 2.75) is 32.2 Å².